The van der Waals surface area contributed by atoms with E-state index in [-0.39, 0.29) is 6.67 Å². The van der Waals surface area contributed by atoms with Crippen LogP contribution in [0.5, 0.6) is 0 Å². The number of fused-ring (bicyclic) bond motifs is 1. The molecule has 0 aromatic carbocycles. The van der Waals surface area contributed by atoms with Gasteiger partial charge >= 0.3 is 0 Å². The van der Waals surface area contributed by atoms with Gasteiger partial charge in [0, 0.05) is 12.7 Å². The third-order valence-electron chi connectivity index (χ3n) is 2.56. The summed E-state index contributed by atoms with van der Waals surface area (Å²) >= 11 is 0. The van der Waals surface area contributed by atoms with Crippen LogP contribution in [0, 0.1) is 0 Å². The van der Waals surface area contributed by atoms with E-state index in [0.29, 0.717) is 13.0 Å². The highest BCUT2D eigenvalue weighted by atomic mass is 19.1. The van der Waals surface area contributed by atoms with Crippen LogP contribution in [0.25, 0.3) is 5.52 Å². The fourth-order valence-electron chi connectivity index (χ4n) is 1.77. The molecule has 2 heterocycles. The first kappa shape index (κ1) is 10.9. The lowest BCUT2D eigenvalue weighted by molar-refractivity contribution is 0.481. The molecular formula is C12H16FN3. The lowest BCUT2D eigenvalue weighted by Crippen LogP contribution is -2.03. The summed E-state index contributed by atoms with van der Waals surface area (Å²) in [5, 5.41) is 7.74. The highest BCUT2D eigenvalue weighted by Crippen LogP contribution is 2.22. The summed E-state index contributed by atoms with van der Waals surface area (Å²) in [7, 11) is 0. The lowest BCUT2D eigenvalue weighted by atomic mass is 10.2. The van der Waals surface area contributed by atoms with Crippen molar-refractivity contribution in [3.63, 3.8) is 0 Å². The van der Waals surface area contributed by atoms with E-state index in [2.05, 4.69) is 17.3 Å². The van der Waals surface area contributed by atoms with Gasteiger partial charge in [-0.3, -0.25) is 4.39 Å². The summed E-state index contributed by atoms with van der Waals surface area (Å²) in [6.45, 7) is 2.44. The van der Waals surface area contributed by atoms with Gasteiger partial charge in [0.1, 0.15) is 0 Å². The average Bonchev–Trinajstić information content (AvgIpc) is 2.68. The van der Waals surface area contributed by atoms with Crippen LogP contribution in [-0.4, -0.2) is 22.8 Å². The molecular weight excluding hydrogens is 205 g/mol. The maximum absolute atomic E-state index is 12.1. The smallest absolute Gasteiger partial charge is 0.0911 e. The monoisotopic (exact) mass is 221 g/mol. The molecule has 4 heteroatoms. The van der Waals surface area contributed by atoms with Crippen LogP contribution < -0.4 is 5.32 Å². The van der Waals surface area contributed by atoms with Crippen LogP contribution in [0.1, 0.15) is 19.0 Å². The second kappa shape index (κ2) is 4.96. The van der Waals surface area contributed by atoms with Crippen LogP contribution in [0.4, 0.5) is 10.1 Å². The third kappa shape index (κ3) is 2.01. The molecule has 0 amide bonds. The van der Waals surface area contributed by atoms with Gasteiger partial charge in [-0.25, -0.2) is 4.52 Å². The molecule has 0 spiro atoms. The zero-order valence-electron chi connectivity index (χ0n) is 9.41. The first-order valence-corrected chi connectivity index (χ1v) is 5.63. The Balaban J connectivity index is 2.32. The van der Waals surface area contributed by atoms with Crippen molar-refractivity contribution in [2.24, 2.45) is 0 Å². The van der Waals surface area contributed by atoms with Crippen molar-refractivity contribution in [2.45, 2.75) is 19.8 Å². The van der Waals surface area contributed by atoms with Crippen molar-refractivity contribution < 1.29 is 4.39 Å². The minimum Gasteiger partial charge on any atom is -0.382 e. The molecule has 0 saturated carbocycles. The Morgan fingerprint density at radius 3 is 3.06 bits per heavy atom. The van der Waals surface area contributed by atoms with E-state index < -0.39 is 0 Å². The third-order valence-corrected chi connectivity index (χ3v) is 2.56. The number of halogens is 1. The first-order valence-electron chi connectivity index (χ1n) is 5.63. The van der Waals surface area contributed by atoms with Gasteiger partial charge in [-0.2, -0.15) is 5.10 Å². The van der Waals surface area contributed by atoms with Crippen molar-refractivity contribution in [3.8, 4) is 0 Å². The Morgan fingerprint density at radius 1 is 1.44 bits per heavy atom. The molecule has 0 atom stereocenters. The predicted molar refractivity (Wildman–Crippen MR) is 63.7 cm³/mol. The fourth-order valence-corrected chi connectivity index (χ4v) is 1.77. The van der Waals surface area contributed by atoms with E-state index >= 15 is 0 Å². The molecule has 0 bridgehead atoms. The molecule has 0 aliphatic rings. The summed E-state index contributed by atoms with van der Waals surface area (Å²) in [5.41, 5.74) is 3.12. The maximum Gasteiger partial charge on any atom is 0.0911 e. The van der Waals surface area contributed by atoms with Gasteiger partial charge in [0.15, 0.2) is 0 Å². The Bertz CT molecular complexity index is 464. The average molecular weight is 221 g/mol. The summed E-state index contributed by atoms with van der Waals surface area (Å²) in [6, 6.07) is 5.95. The van der Waals surface area contributed by atoms with E-state index in [1.807, 2.05) is 28.9 Å². The Hall–Kier alpha value is -1.58. The number of anilines is 1. The second-order valence-corrected chi connectivity index (χ2v) is 3.68. The van der Waals surface area contributed by atoms with E-state index in [0.717, 1.165) is 23.3 Å². The largest absolute Gasteiger partial charge is 0.382 e. The second-order valence-electron chi connectivity index (χ2n) is 3.68. The summed E-state index contributed by atoms with van der Waals surface area (Å²) in [4.78, 5) is 0. The number of aromatic nitrogens is 2. The molecule has 16 heavy (non-hydrogen) atoms. The zero-order chi connectivity index (χ0) is 11.4. The lowest BCUT2D eigenvalue weighted by Gasteiger charge is -2.04. The Kier molecular flexibility index (Phi) is 3.39. The van der Waals surface area contributed by atoms with Gasteiger partial charge < -0.3 is 5.32 Å². The minimum absolute atomic E-state index is 0.284. The van der Waals surface area contributed by atoms with E-state index in [9.17, 15) is 4.39 Å². The number of alkyl halides is 1. The van der Waals surface area contributed by atoms with Crippen LogP contribution in [0.2, 0.25) is 0 Å². The fraction of sp³-hybridized carbons (Fsp3) is 0.417. The number of hydrogen-bond acceptors (Lipinski definition) is 2. The van der Waals surface area contributed by atoms with Crippen LogP contribution >= 0.6 is 0 Å². The van der Waals surface area contributed by atoms with Gasteiger partial charge in [0.05, 0.1) is 23.6 Å². The molecule has 3 nitrogen and oxygen atoms in total. The predicted octanol–water partition coefficient (Wildman–Crippen LogP) is 2.67. The van der Waals surface area contributed by atoms with Gasteiger partial charge in [-0.05, 0) is 25.0 Å². The quantitative estimate of drug-likeness (QED) is 0.786. The van der Waals surface area contributed by atoms with Crippen molar-refractivity contribution in [1.29, 1.82) is 0 Å². The molecule has 0 radical (unpaired) electrons. The molecule has 1 N–H and O–H groups in total. The number of hydrogen-bond donors (Lipinski definition) is 1. The molecule has 2 rings (SSSR count). The van der Waals surface area contributed by atoms with Gasteiger partial charge in [0.25, 0.3) is 0 Å². The van der Waals surface area contributed by atoms with E-state index in [1.54, 1.807) is 0 Å². The molecule has 0 fully saturated rings. The topological polar surface area (TPSA) is 29.3 Å². The highest BCUT2D eigenvalue weighted by Gasteiger charge is 2.09. The summed E-state index contributed by atoms with van der Waals surface area (Å²) < 4.78 is 13.9. The number of aryl methyl sites for hydroxylation is 1. The maximum atomic E-state index is 12.1. The van der Waals surface area contributed by atoms with Gasteiger partial charge in [-0.1, -0.05) is 13.0 Å². The van der Waals surface area contributed by atoms with E-state index in [1.165, 1.54) is 0 Å². The van der Waals surface area contributed by atoms with E-state index in [4.69, 9.17) is 0 Å². The van der Waals surface area contributed by atoms with Crippen LogP contribution in [-0.2, 0) is 6.42 Å². The van der Waals surface area contributed by atoms with Crippen LogP contribution in [0.3, 0.4) is 0 Å². The van der Waals surface area contributed by atoms with Crippen LogP contribution in [0.15, 0.2) is 24.4 Å². The van der Waals surface area contributed by atoms with Crippen molar-refractivity contribution in [3.05, 3.63) is 30.1 Å². The zero-order valence-corrected chi connectivity index (χ0v) is 9.41. The van der Waals surface area contributed by atoms with Crippen molar-refractivity contribution in [1.82, 2.24) is 9.61 Å². The molecule has 0 aliphatic carbocycles. The number of pyridine rings is 1. The van der Waals surface area contributed by atoms with Gasteiger partial charge in [0.2, 0.25) is 0 Å². The minimum atomic E-state index is -0.284. The molecule has 0 saturated heterocycles. The molecule has 86 valence electrons. The summed E-state index contributed by atoms with van der Waals surface area (Å²) in [6.07, 6.45) is 3.34. The summed E-state index contributed by atoms with van der Waals surface area (Å²) in [5.74, 6) is 0. The number of nitrogens with zero attached hydrogens (tertiary/aromatic N) is 2. The number of nitrogens with one attached hydrogen (secondary N) is 1. The van der Waals surface area contributed by atoms with Crippen molar-refractivity contribution in [2.75, 3.05) is 18.5 Å². The van der Waals surface area contributed by atoms with Crippen molar-refractivity contribution >= 4 is 11.2 Å². The standard InChI is InChI=1S/C12H16FN3/c1-2-10-12(14-8-5-7-13)11-6-3-4-9-16(11)15-10/h3-4,6,9,14H,2,5,7-8H2,1H3. The highest BCUT2D eigenvalue weighted by molar-refractivity contribution is 5.74. The molecule has 2 aromatic heterocycles. The first-order chi connectivity index (χ1) is 7.86. The Morgan fingerprint density at radius 2 is 2.31 bits per heavy atom. The number of rotatable bonds is 5. The molecule has 2 aromatic rings. The van der Waals surface area contributed by atoms with Gasteiger partial charge in [-0.15, -0.1) is 0 Å². The molecule has 0 aliphatic heterocycles. The Labute approximate surface area is 94.3 Å². The normalized spacial score (nSPS) is 10.9. The molecule has 0 unspecified atom stereocenters. The SMILES string of the molecule is CCc1nn2ccccc2c1NCCCF.